The van der Waals surface area contributed by atoms with E-state index >= 15 is 0 Å². The summed E-state index contributed by atoms with van der Waals surface area (Å²) in [6.45, 7) is 4.77. The second-order valence-corrected chi connectivity index (χ2v) is 4.69. The van der Waals surface area contributed by atoms with E-state index in [1.54, 1.807) is 17.3 Å². The van der Waals surface area contributed by atoms with Crippen LogP contribution in [0.2, 0.25) is 0 Å². The van der Waals surface area contributed by atoms with Crippen LogP contribution in [0.5, 0.6) is 0 Å². The van der Waals surface area contributed by atoms with Crippen molar-refractivity contribution in [3.05, 3.63) is 32.6 Å². The molecule has 1 heterocycles. The van der Waals surface area contributed by atoms with Crippen LogP contribution in [0.1, 0.15) is 12.6 Å². The molecule has 0 N–H and O–H groups in total. The Kier molecular flexibility index (Phi) is 4.44. The predicted molar refractivity (Wildman–Crippen MR) is 67.7 cm³/mol. The molecule has 0 aromatic carbocycles. The van der Waals surface area contributed by atoms with Crippen LogP contribution in [-0.4, -0.2) is 34.6 Å². The van der Waals surface area contributed by atoms with E-state index < -0.39 is 0 Å². The van der Waals surface area contributed by atoms with Gasteiger partial charge in [-0.15, -0.1) is 0 Å². The highest BCUT2D eigenvalue weighted by molar-refractivity contribution is 7.35. The number of nitrogens with zero attached hydrogens (tertiary/aromatic N) is 3. The smallest absolute Gasteiger partial charge is 0.304 e. The second kappa shape index (κ2) is 5.41. The number of rotatable bonds is 4. The Balaban J connectivity index is 3.41. The maximum absolute atomic E-state index is 12.0. The summed E-state index contributed by atoms with van der Waals surface area (Å²) in [7, 11) is 4.17. The van der Waals surface area contributed by atoms with Crippen molar-refractivity contribution in [2.75, 3.05) is 20.8 Å². The van der Waals surface area contributed by atoms with Crippen LogP contribution in [0.4, 0.5) is 0 Å². The molecule has 1 unspecified atom stereocenters. The van der Waals surface area contributed by atoms with E-state index in [0.29, 0.717) is 21.8 Å². The first-order valence-electron chi connectivity index (χ1n) is 5.19. The normalized spacial score (nSPS) is 11.8. The molecular formula is C10H18N3O2P. The van der Waals surface area contributed by atoms with E-state index in [2.05, 4.69) is 0 Å². The fourth-order valence-corrected chi connectivity index (χ4v) is 2.33. The lowest BCUT2D eigenvalue weighted by Gasteiger charge is -2.16. The van der Waals surface area contributed by atoms with E-state index in [4.69, 9.17) is 0 Å². The molecule has 0 amide bonds. The topological polar surface area (TPSA) is 47.2 Å². The lowest BCUT2D eigenvalue weighted by atomic mass is 10.4. The Morgan fingerprint density at radius 3 is 2.44 bits per heavy atom. The van der Waals surface area contributed by atoms with Crippen molar-refractivity contribution in [2.24, 2.45) is 0 Å². The average molecular weight is 243 g/mol. The summed E-state index contributed by atoms with van der Waals surface area (Å²) < 4.78 is 2.93. The van der Waals surface area contributed by atoms with Gasteiger partial charge in [-0.25, -0.2) is 4.79 Å². The van der Waals surface area contributed by atoms with Gasteiger partial charge < -0.3 is 4.90 Å². The predicted octanol–water partition coefficient (Wildman–Crippen LogP) is 0.163. The molecule has 0 saturated heterocycles. The highest BCUT2D eigenvalue weighted by atomic mass is 31.1. The second-order valence-electron chi connectivity index (χ2n) is 3.80. The average Bonchev–Trinajstić information content (AvgIpc) is 2.17. The Labute approximate surface area is 96.5 Å². The highest BCUT2D eigenvalue weighted by Gasteiger charge is 2.09. The summed E-state index contributed by atoms with van der Waals surface area (Å²) in [5.74, 6) is 0. The van der Waals surface area contributed by atoms with Crippen molar-refractivity contribution >= 4 is 8.73 Å². The lowest BCUT2D eigenvalue weighted by molar-refractivity contribution is 0.392. The molecule has 1 aromatic rings. The van der Waals surface area contributed by atoms with Gasteiger partial charge in [-0.3, -0.25) is 13.7 Å². The van der Waals surface area contributed by atoms with Gasteiger partial charge in [-0.2, -0.15) is 0 Å². The standard InChI is InChI=1S/C10H18N3O2P/c1-5-12-9(14)6-8(7-11(2)3)13(16-4)10(12)15/h6,16H,5,7H2,1-4H3. The monoisotopic (exact) mass is 243 g/mol. The summed E-state index contributed by atoms with van der Waals surface area (Å²) in [4.78, 5) is 25.6. The fraction of sp³-hybridized carbons (Fsp3) is 0.600. The molecule has 0 aliphatic heterocycles. The Bertz CT molecular complexity index is 476. The van der Waals surface area contributed by atoms with Crippen LogP contribution in [-0.2, 0) is 13.1 Å². The van der Waals surface area contributed by atoms with E-state index in [1.165, 1.54) is 4.57 Å². The molecule has 0 aliphatic carbocycles. The quantitative estimate of drug-likeness (QED) is 0.708. The molecule has 0 fully saturated rings. The first kappa shape index (κ1) is 13.1. The molecule has 0 bridgehead atoms. The Morgan fingerprint density at radius 2 is 2.00 bits per heavy atom. The zero-order valence-electron chi connectivity index (χ0n) is 10.1. The maximum atomic E-state index is 12.0. The largest absolute Gasteiger partial charge is 0.334 e. The molecule has 5 nitrogen and oxygen atoms in total. The lowest BCUT2D eigenvalue weighted by Crippen LogP contribution is -2.39. The fourth-order valence-electron chi connectivity index (χ4n) is 1.59. The van der Waals surface area contributed by atoms with E-state index in [0.717, 1.165) is 5.69 Å². The zero-order valence-corrected chi connectivity index (χ0v) is 11.1. The molecule has 1 rings (SSSR count). The summed E-state index contributed by atoms with van der Waals surface area (Å²) in [5, 5.41) is 0. The van der Waals surface area contributed by atoms with Gasteiger partial charge in [0.1, 0.15) is 0 Å². The summed E-state index contributed by atoms with van der Waals surface area (Å²) in [5.41, 5.74) is 0.372. The molecule has 6 heteroatoms. The maximum Gasteiger partial charge on any atom is 0.334 e. The van der Waals surface area contributed by atoms with Gasteiger partial charge in [0.15, 0.2) is 0 Å². The summed E-state index contributed by atoms with van der Waals surface area (Å²) in [6.07, 6.45) is 0. The summed E-state index contributed by atoms with van der Waals surface area (Å²) in [6, 6.07) is 1.56. The first-order chi connectivity index (χ1) is 7.51. The van der Waals surface area contributed by atoms with E-state index in [9.17, 15) is 9.59 Å². The van der Waals surface area contributed by atoms with Crippen molar-refractivity contribution in [1.82, 2.24) is 13.8 Å². The van der Waals surface area contributed by atoms with Crippen LogP contribution in [0.15, 0.2) is 15.7 Å². The molecule has 1 atom stereocenters. The van der Waals surface area contributed by atoms with Gasteiger partial charge in [0, 0.05) is 24.8 Å². The number of aromatic nitrogens is 2. The van der Waals surface area contributed by atoms with Crippen LogP contribution in [0, 0.1) is 0 Å². The third-order valence-corrected chi connectivity index (χ3v) is 3.21. The van der Waals surface area contributed by atoms with Gasteiger partial charge in [-0.05, 0) is 36.4 Å². The van der Waals surface area contributed by atoms with Crippen LogP contribution >= 0.6 is 8.73 Å². The minimum Gasteiger partial charge on any atom is -0.304 e. The number of hydrogen-bond acceptors (Lipinski definition) is 3. The van der Waals surface area contributed by atoms with Crippen molar-refractivity contribution in [1.29, 1.82) is 0 Å². The van der Waals surface area contributed by atoms with E-state index in [1.807, 2.05) is 25.7 Å². The van der Waals surface area contributed by atoms with Crippen molar-refractivity contribution in [2.45, 2.75) is 20.0 Å². The first-order valence-corrected chi connectivity index (χ1v) is 6.64. The third kappa shape index (κ3) is 2.60. The Morgan fingerprint density at radius 1 is 1.38 bits per heavy atom. The van der Waals surface area contributed by atoms with Gasteiger partial charge in [0.05, 0.1) is 0 Å². The Hall–Kier alpha value is -0.930. The molecule has 0 saturated carbocycles. The summed E-state index contributed by atoms with van der Waals surface area (Å²) >= 11 is 0. The highest BCUT2D eigenvalue weighted by Crippen LogP contribution is 2.09. The number of hydrogen-bond donors (Lipinski definition) is 0. The van der Waals surface area contributed by atoms with Crippen molar-refractivity contribution < 1.29 is 0 Å². The van der Waals surface area contributed by atoms with Gasteiger partial charge in [-0.1, -0.05) is 0 Å². The van der Waals surface area contributed by atoms with Gasteiger partial charge >= 0.3 is 5.69 Å². The molecular weight excluding hydrogens is 225 g/mol. The van der Waals surface area contributed by atoms with Crippen molar-refractivity contribution in [3.8, 4) is 0 Å². The van der Waals surface area contributed by atoms with Gasteiger partial charge in [0.2, 0.25) is 0 Å². The molecule has 0 spiro atoms. The van der Waals surface area contributed by atoms with Crippen molar-refractivity contribution in [3.63, 3.8) is 0 Å². The van der Waals surface area contributed by atoms with Gasteiger partial charge in [0.25, 0.3) is 5.56 Å². The molecule has 0 aliphatic rings. The zero-order chi connectivity index (χ0) is 12.3. The van der Waals surface area contributed by atoms with Crippen LogP contribution in [0.3, 0.4) is 0 Å². The van der Waals surface area contributed by atoms with Crippen LogP contribution < -0.4 is 11.2 Å². The minimum absolute atomic E-state index is 0.201. The molecule has 0 radical (unpaired) electrons. The van der Waals surface area contributed by atoms with E-state index in [-0.39, 0.29) is 11.2 Å². The SMILES string of the molecule is CCn1c(=O)cc(CN(C)C)n(PC)c1=O. The third-order valence-electron chi connectivity index (χ3n) is 2.28. The minimum atomic E-state index is -0.209. The molecule has 90 valence electrons. The molecule has 1 aromatic heterocycles. The molecule has 16 heavy (non-hydrogen) atoms. The van der Waals surface area contributed by atoms with Crippen LogP contribution in [0.25, 0.3) is 0 Å².